The number of carbonyl (C=O) groups is 1. The van der Waals surface area contributed by atoms with Crippen LogP contribution in [0.3, 0.4) is 0 Å². The molecule has 0 bridgehead atoms. The number of nitrogens with zero attached hydrogens (tertiary/aromatic N) is 3. The summed E-state index contributed by atoms with van der Waals surface area (Å²) < 4.78 is 0. The second-order valence-corrected chi connectivity index (χ2v) is 4.39. The highest BCUT2D eigenvalue weighted by Crippen LogP contribution is 2.22. The van der Waals surface area contributed by atoms with E-state index >= 15 is 0 Å². The number of carbonyl (C=O) groups excluding carboxylic acids is 1. The average Bonchev–Trinajstić information content (AvgIpc) is 2.39. The highest BCUT2D eigenvalue weighted by Gasteiger charge is 2.19. The third-order valence-corrected chi connectivity index (χ3v) is 3.28. The Morgan fingerprint density at radius 2 is 2.00 bits per heavy atom. The molecule has 0 saturated carbocycles. The maximum Gasteiger partial charge on any atom is 0.267 e. The number of pyridine rings is 1. The molecular formula is C12H19N5O. The lowest BCUT2D eigenvalue weighted by Crippen LogP contribution is -2.46. The molecule has 18 heavy (non-hydrogen) atoms. The average molecular weight is 249 g/mol. The molecule has 0 radical (unpaired) electrons. The molecule has 98 valence electrons. The summed E-state index contributed by atoms with van der Waals surface area (Å²) in [6.07, 6.45) is 0. The monoisotopic (exact) mass is 249 g/mol. The maximum absolute atomic E-state index is 11.1. The summed E-state index contributed by atoms with van der Waals surface area (Å²) in [7, 11) is 0. The third-order valence-electron chi connectivity index (χ3n) is 3.28. The topological polar surface area (TPSA) is 88.5 Å². The van der Waals surface area contributed by atoms with E-state index in [1.54, 1.807) is 12.1 Å². The molecule has 4 N–H and O–H groups in total. The van der Waals surface area contributed by atoms with Crippen molar-refractivity contribution in [2.24, 2.45) is 5.73 Å². The molecule has 1 saturated heterocycles. The lowest BCUT2D eigenvalue weighted by molar-refractivity contribution is 0.0995. The zero-order valence-electron chi connectivity index (χ0n) is 10.6. The molecule has 6 nitrogen and oxygen atoms in total. The number of nitrogens with two attached hydrogens (primary N) is 2. The van der Waals surface area contributed by atoms with E-state index < -0.39 is 5.91 Å². The molecular weight excluding hydrogens is 230 g/mol. The SMILES string of the molecule is CCN1CCN(c2nc(C(N)=O)ccc2N)CC1. The Bertz CT molecular complexity index is 440. The summed E-state index contributed by atoms with van der Waals surface area (Å²) in [5.74, 6) is 0.144. The molecule has 1 fully saturated rings. The van der Waals surface area contributed by atoms with Gasteiger partial charge in [0.1, 0.15) is 5.69 Å². The zero-order valence-corrected chi connectivity index (χ0v) is 10.6. The predicted molar refractivity (Wildman–Crippen MR) is 71.5 cm³/mol. The number of hydrogen-bond acceptors (Lipinski definition) is 5. The van der Waals surface area contributed by atoms with Crippen LogP contribution in [0.5, 0.6) is 0 Å². The molecule has 0 spiro atoms. The third kappa shape index (κ3) is 2.53. The van der Waals surface area contributed by atoms with Crippen LogP contribution in [0.2, 0.25) is 0 Å². The van der Waals surface area contributed by atoms with Crippen LogP contribution < -0.4 is 16.4 Å². The van der Waals surface area contributed by atoms with Gasteiger partial charge in [-0.15, -0.1) is 0 Å². The number of rotatable bonds is 3. The van der Waals surface area contributed by atoms with Gasteiger partial charge in [0.25, 0.3) is 5.91 Å². The van der Waals surface area contributed by atoms with Crippen LogP contribution in [0, 0.1) is 0 Å². The van der Waals surface area contributed by atoms with Crippen molar-refractivity contribution in [2.45, 2.75) is 6.92 Å². The fourth-order valence-corrected chi connectivity index (χ4v) is 2.13. The summed E-state index contributed by atoms with van der Waals surface area (Å²) in [4.78, 5) is 19.9. The van der Waals surface area contributed by atoms with Gasteiger partial charge in [-0.2, -0.15) is 0 Å². The van der Waals surface area contributed by atoms with Gasteiger partial charge in [0.2, 0.25) is 0 Å². The van der Waals surface area contributed by atoms with Crippen LogP contribution in [0.25, 0.3) is 0 Å². The van der Waals surface area contributed by atoms with Crippen molar-refractivity contribution in [2.75, 3.05) is 43.4 Å². The standard InChI is InChI=1S/C12H19N5O/c1-2-16-5-7-17(8-6-16)12-9(13)3-4-10(15-12)11(14)18/h3-4H,2,5-8,13H2,1H3,(H2,14,18). The quantitative estimate of drug-likeness (QED) is 0.781. The number of nitrogen functional groups attached to an aromatic ring is 1. The molecule has 0 aliphatic carbocycles. The molecule has 0 atom stereocenters. The zero-order chi connectivity index (χ0) is 13.1. The van der Waals surface area contributed by atoms with E-state index in [4.69, 9.17) is 11.5 Å². The van der Waals surface area contributed by atoms with Gasteiger partial charge in [0.05, 0.1) is 5.69 Å². The molecule has 1 amide bonds. The van der Waals surface area contributed by atoms with Crippen molar-refractivity contribution in [1.82, 2.24) is 9.88 Å². The van der Waals surface area contributed by atoms with Crippen LogP contribution in [-0.2, 0) is 0 Å². The molecule has 0 unspecified atom stereocenters. The number of likely N-dealkylation sites (N-methyl/N-ethyl adjacent to an activating group) is 1. The first kappa shape index (κ1) is 12.6. The van der Waals surface area contributed by atoms with Crippen molar-refractivity contribution in [3.63, 3.8) is 0 Å². The summed E-state index contributed by atoms with van der Waals surface area (Å²) in [6, 6.07) is 3.25. The van der Waals surface area contributed by atoms with Gasteiger partial charge in [-0.25, -0.2) is 4.98 Å². The summed E-state index contributed by atoms with van der Waals surface area (Å²) in [6.45, 7) is 6.91. The van der Waals surface area contributed by atoms with Gasteiger partial charge >= 0.3 is 0 Å². The van der Waals surface area contributed by atoms with E-state index in [0.29, 0.717) is 11.5 Å². The predicted octanol–water partition coefficient (Wildman–Crippen LogP) is -0.0954. The molecule has 0 aromatic carbocycles. The summed E-state index contributed by atoms with van der Waals surface area (Å²) in [5, 5.41) is 0. The Hall–Kier alpha value is -1.82. The second-order valence-electron chi connectivity index (χ2n) is 4.39. The first-order chi connectivity index (χ1) is 8.61. The van der Waals surface area contributed by atoms with Crippen LogP contribution in [0.4, 0.5) is 11.5 Å². The Balaban J connectivity index is 2.18. The molecule has 6 heteroatoms. The Kier molecular flexibility index (Phi) is 3.66. The molecule has 2 heterocycles. The summed E-state index contributed by atoms with van der Waals surface area (Å²) >= 11 is 0. The van der Waals surface area contributed by atoms with Crippen LogP contribution in [0.15, 0.2) is 12.1 Å². The largest absolute Gasteiger partial charge is 0.396 e. The van der Waals surface area contributed by atoms with Gasteiger partial charge in [-0.05, 0) is 18.7 Å². The lowest BCUT2D eigenvalue weighted by Gasteiger charge is -2.35. The van der Waals surface area contributed by atoms with Crippen LogP contribution >= 0.6 is 0 Å². The number of hydrogen-bond donors (Lipinski definition) is 2. The van der Waals surface area contributed by atoms with Gasteiger partial charge < -0.3 is 21.3 Å². The van der Waals surface area contributed by atoms with E-state index in [-0.39, 0.29) is 5.69 Å². The molecule has 1 aromatic heterocycles. The first-order valence-electron chi connectivity index (χ1n) is 6.15. The van der Waals surface area contributed by atoms with E-state index in [0.717, 1.165) is 32.7 Å². The van der Waals surface area contributed by atoms with E-state index in [1.807, 2.05) is 0 Å². The number of primary amides is 1. The fourth-order valence-electron chi connectivity index (χ4n) is 2.13. The number of piperazine rings is 1. The normalized spacial score (nSPS) is 16.8. The minimum Gasteiger partial charge on any atom is -0.396 e. The van der Waals surface area contributed by atoms with Gasteiger partial charge in [0, 0.05) is 26.2 Å². The minimum absolute atomic E-state index is 0.261. The van der Waals surface area contributed by atoms with Crippen molar-refractivity contribution >= 4 is 17.4 Å². The number of aromatic nitrogens is 1. The molecule has 2 rings (SSSR count). The van der Waals surface area contributed by atoms with Gasteiger partial charge in [-0.3, -0.25) is 4.79 Å². The smallest absolute Gasteiger partial charge is 0.267 e. The van der Waals surface area contributed by atoms with Crippen molar-refractivity contribution < 1.29 is 4.79 Å². The highest BCUT2D eigenvalue weighted by atomic mass is 16.1. The van der Waals surface area contributed by atoms with Crippen LogP contribution in [0.1, 0.15) is 17.4 Å². The molecule has 1 aromatic rings. The number of amides is 1. The second kappa shape index (κ2) is 5.22. The lowest BCUT2D eigenvalue weighted by atomic mass is 10.2. The molecule has 1 aliphatic rings. The number of anilines is 2. The van der Waals surface area contributed by atoms with Gasteiger partial charge in [-0.1, -0.05) is 6.92 Å². The Labute approximate surface area is 107 Å². The van der Waals surface area contributed by atoms with Crippen molar-refractivity contribution in [3.8, 4) is 0 Å². The van der Waals surface area contributed by atoms with E-state index in [1.165, 1.54) is 0 Å². The Morgan fingerprint density at radius 3 is 2.56 bits per heavy atom. The van der Waals surface area contributed by atoms with Crippen molar-refractivity contribution in [1.29, 1.82) is 0 Å². The highest BCUT2D eigenvalue weighted by molar-refractivity contribution is 5.91. The maximum atomic E-state index is 11.1. The van der Waals surface area contributed by atoms with E-state index in [2.05, 4.69) is 21.7 Å². The molecule has 1 aliphatic heterocycles. The van der Waals surface area contributed by atoms with Crippen LogP contribution in [-0.4, -0.2) is 48.5 Å². The summed E-state index contributed by atoms with van der Waals surface area (Å²) in [5.41, 5.74) is 12.0. The van der Waals surface area contributed by atoms with Gasteiger partial charge in [0.15, 0.2) is 5.82 Å². The fraction of sp³-hybridized carbons (Fsp3) is 0.500. The Morgan fingerprint density at radius 1 is 1.33 bits per heavy atom. The minimum atomic E-state index is -0.525. The van der Waals surface area contributed by atoms with E-state index in [9.17, 15) is 4.79 Å². The van der Waals surface area contributed by atoms with Crippen molar-refractivity contribution in [3.05, 3.63) is 17.8 Å². The first-order valence-corrected chi connectivity index (χ1v) is 6.15.